The van der Waals surface area contributed by atoms with E-state index < -0.39 is 10.0 Å². The molecule has 0 aromatic carbocycles. The summed E-state index contributed by atoms with van der Waals surface area (Å²) < 4.78 is 31.7. The van der Waals surface area contributed by atoms with Crippen molar-refractivity contribution >= 4 is 16.0 Å². The average molecular weight is 297 g/mol. The Balaban J connectivity index is 2.06. The molecule has 20 heavy (non-hydrogen) atoms. The van der Waals surface area contributed by atoms with Gasteiger partial charge < -0.3 is 9.73 Å². The van der Waals surface area contributed by atoms with Gasteiger partial charge >= 0.3 is 0 Å². The van der Waals surface area contributed by atoms with Crippen LogP contribution in [0, 0.1) is 0 Å². The second-order valence-electron chi connectivity index (χ2n) is 3.89. The first-order valence-electron chi connectivity index (χ1n) is 5.98. The van der Waals surface area contributed by atoms with Crippen LogP contribution in [0.4, 0.5) is 5.95 Å². The predicted molar refractivity (Wildman–Crippen MR) is 71.5 cm³/mol. The van der Waals surface area contributed by atoms with Gasteiger partial charge in [0.25, 0.3) is 0 Å². The number of nitrogens with zero attached hydrogens (tertiary/aromatic N) is 3. The second-order valence-corrected chi connectivity index (χ2v) is 5.66. The fourth-order valence-corrected chi connectivity index (χ4v) is 2.28. The molecule has 0 aliphatic heterocycles. The van der Waals surface area contributed by atoms with E-state index in [1.807, 2.05) is 6.92 Å². The molecule has 2 rings (SSSR count). The number of rotatable bonds is 6. The molecule has 0 radical (unpaired) electrons. The van der Waals surface area contributed by atoms with Gasteiger partial charge in [-0.1, -0.05) is 6.92 Å². The largest absolute Gasteiger partial charge is 0.444 e. The third kappa shape index (κ3) is 3.31. The van der Waals surface area contributed by atoms with Crippen molar-refractivity contribution in [2.45, 2.75) is 24.8 Å². The van der Waals surface area contributed by atoms with Crippen molar-refractivity contribution in [3.8, 4) is 0 Å². The number of anilines is 1. The first kappa shape index (κ1) is 14.4. The maximum atomic E-state index is 12.0. The van der Waals surface area contributed by atoms with Crippen molar-refractivity contribution < 1.29 is 12.8 Å². The molecule has 0 aliphatic carbocycles. The Morgan fingerprint density at radius 2 is 1.90 bits per heavy atom. The third-order valence-electron chi connectivity index (χ3n) is 2.53. The number of oxazole rings is 1. The summed E-state index contributed by atoms with van der Waals surface area (Å²) in [6, 6.07) is 0. The molecule has 0 unspecified atom stereocenters. The maximum Gasteiger partial charge on any atom is 0.244 e. The summed E-state index contributed by atoms with van der Waals surface area (Å²) in [6.45, 7) is 1.91. The Kier molecular flexibility index (Phi) is 4.30. The van der Waals surface area contributed by atoms with E-state index >= 15 is 0 Å². The van der Waals surface area contributed by atoms with Crippen molar-refractivity contribution in [1.82, 2.24) is 19.7 Å². The zero-order chi connectivity index (χ0) is 14.6. The number of aryl methyl sites for hydroxylation is 1. The highest BCUT2D eigenvalue weighted by Crippen LogP contribution is 2.09. The van der Waals surface area contributed by atoms with Crippen LogP contribution in [0.15, 0.2) is 27.9 Å². The molecule has 2 aromatic rings. The molecule has 0 saturated carbocycles. The zero-order valence-corrected chi connectivity index (χ0v) is 11.9. The van der Waals surface area contributed by atoms with Gasteiger partial charge in [-0.15, -0.1) is 0 Å². The van der Waals surface area contributed by atoms with E-state index in [9.17, 15) is 8.42 Å². The normalized spacial score (nSPS) is 11.5. The van der Waals surface area contributed by atoms with Gasteiger partial charge in [-0.2, -0.15) is 0 Å². The lowest BCUT2D eigenvalue weighted by molar-refractivity contribution is 0.452. The van der Waals surface area contributed by atoms with Crippen LogP contribution in [0.1, 0.15) is 18.6 Å². The fourth-order valence-electron chi connectivity index (χ4n) is 1.42. The molecule has 0 amide bonds. The van der Waals surface area contributed by atoms with Crippen molar-refractivity contribution in [3.63, 3.8) is 0 Å². The Morgan fingerprint density at radius 1 is 1.20 bits per heavy atom. The molecule has 2 heterocycles. The van der Waals surface area contributed by atoms with Gasteiger partial charge in [0, 0.05) is 13.5 Å². The Morgan fingerprint density at radius 3 is 2.45 bits per heavy atom. The van der Waals surface area contributed by atoms with E-state index in [4.69, 9.17) is 4.42 Å². The third-order valence-corrected chi connectivity index (χ3v) is 3.88. The van der Waals surface area contributed by atoms with Crippen LogP contribution in [-0.2, 0) is 23.0 Å². The van der Waals surface area contributed by atoms with Gasteiger partial charge in [0.15, 0.2) is 0 Å². The molecule has 9 heteroatoms. The van der Waals surface area contributed by atoms with Gasteiger partial charge in [-0.25, -0.2) is 28.1 Å². The molecule has 108 valence electrons. The van der Waals surface area contributed by atoms with Crippen LogP contribution in [0.3, 0.4) is 0 Å². The van der Waals surface area contributed by atoms with E-state index in [1.165, 1.54) is 12.4 Å². The number of aromatic nitrogens is 3. The number of sulfonamides is 1. The molecule has 0 atom stereocenters. The minimum atomic E-state index is -3.68. The van der Waals surface area contributed by atoms with Crippen LogP contribution in [0.5, 0.6) is 0 Å². The highest BCUT2D eigenvalue weighted by molar-refractivity contribution is 7.89. The minimum Gasteiger partial charge on any atom is -0.444 e. The first-order valence-corrected chi connectivity index (χ1v) is 7.46. The van der Waals surface area contributed by atoms with E-state index in [2.05, 4.69) is 25.0 Å². The molecular formula is C11H15N5O3S. The molecule has 2 aromatic heterocycles. The lowest BCUT2D eigenvalue weighted by atomic mass is 10.4. The number of hydrogen-bond acceptors (Lipinski definition) is 7. The maximum absolute atomic E-state index is 12.0. The van der Waals surface area contributed by atoms with E-state index in [1.54, 1.807) is 13.2 Å². The van der Waals surface area contributed by atoms with Crippen LogP contribution >= 0.6 is 0 Å². The minimum absolute atomic E-state index is 0.0150. The lowest BCUT2D eigenvalue weighted by Crippen LogP contribution is -2.23. The Bertz CT molecular complexity index is 666. The smallest absolute Gasteiger partial charge is 0.244 e. The number of nitrogens with one attached hydrogen (secondary N) is 2. The van der Waals surface area contributed by atoms with Crippen LogP contribution in [-0.4, -0.2) is 30.4 Å². The van der Waals surface area contributed by atoms with Gasteiger partial charge in [-0.05, 0) is 0 Å². The summed E-state index contributed by atoms with van der Waals surface area (Å²) >= 11 is 0. The van der Waals surface area contributed by atoms with Gasteiger partial charge in [0.1, 0.15) is 10.7 Å². The Hall–Kier alpha value is -2.00. The second kappa shape index (κ2) is 5.97. The van der Waals surface area contributed by atoms with Crippen LogP contribution in [0.2, 0.25) is 0 Å². The summed E-state index contributed by atoms with van der Waals surface area (Å²) in [4.78, 5) is 11.7. The predicted octanol–water partition coefficient (Wildman–Crippen LogP) is 0.547. The lowest BCUT2D eigenvalue weighted by Gasteiger charge is -2.04. The van der Waals surface area contributed by atoms with E-state index in [0.29, 0.717) is 24.0 Å². The average Bonchev–Trinajstić information content (AvgIpc) is 2.93. The van der Waals surface area contributed by atoms with Crippen molar-refractivity contribution in [2.24, 2.45) is 0 Å². The van der Waals surface area contributed by atoms with Gasteiger partial charge in [-0.3, -0.25) is 0 Å². The molecule has 8 nitrogen and oxygen atoms in total. The van der Waals surface area contributed by atoms with E-state index in [0.717, 1.165) is 0 Å². The van der Waals surface area contributed by atoms with Crippen molar-refractivity contribution in [3.05, 3.63) is 30.2 Å². The van der Waals surface area contributed by atoms with E-state index in [-0.39, 0.29) is 11.4 Å². The summed E-state index contributed by atoms with van der Waals surface area (Å²) in [5.74, 6) is 1.38. The molecule has 0 spiro atoms. The van der Waals surface area contributed by atoms with Gasteiger partial charge in [0.05, 0.1) is 25.1 Å². The molecule has 0 aliphatic rings. The molecule has 0 saturated heterocycles. The molecule has 0 fully saturated rings. The van der Waals surface area contributed by atoms with Crippen LogP contribution in [0.25, 0.3) is 0 Å². The summed E-state index contributed by atoms with van der Waals surface area (Å²) in [5, 5.41) is 2.71. The number of hydrogen-bond donors (Lipinski definition) is 2. The first-order chi connectivity index (χ1) is 9.55. The highest BCUT2D eigenvalue weighted by atomic mass is 32.2. The zero-order valence-electron chi connectivity index (χ0n) is 11.1. The Labute approximate surface area is 116 Å². The van der Waals surface area contributed by atoms with Gasteiger partial charge in [0.2, 0.25) is 21.9 Å². The summed E-state index contributed by atoms with van der Waals surface area (Å²) in [6.07, 6.45) is 4.75. The topological polar surface area (TPSA) is 110 Å². The van der Waals surface area contributed by atoms with Crippen molar-refractivity contribution in [2.75, 3.05) is 12.4 Å². The quantitative estimate of drug-likeness (QED) is 0.801. The fraction of sp³-hybridized carbons (Fsp3) is 0.364. The molecule has 2 N–H and O–H groups in total. The molecule has 0 bridgehead atoms. The standard InChI is InChI=1S/C11H15N5O3S/c1-3-8-4-13-10(19-8)7-16-20(17,18)9-5-14-11(12-2)15-6-9/h4-6,16H,3,7H2,1-2H3,(H,12,14,15). The molecular weight excluding hydrogens is 282 g/mol. The summed E-state index contributed by atoms with van der Waals surface area (Å²) in [5.41, 5.74) is 0. The summed E-state index contributed by atoms with van der Waals surface area (Å²) in [7, 11) is -2.04. The monoisotopic (exact) mass is 297 g/mol. The highest BCUT2D eigenvalue weighted by Gasteiger charge is 2.16. The van der Waals surface area contributed by atoms with Crippen molar-refractivity contribution in [1.29, 1.82) is 0 Å². The van der Waals surface area contributed by atoms with Crippen LogP contribution < -0.4 is 10.0 Å². The SMILES string of the molecule is CCc1cnc(CNS(=O)(=O)c2cnc(NC)nc2)o1.